The normalized spacial score (nSPS) is 20.0. The number of aryl methyl sites for hydroxylation is 2. The summed E-state index contributed by atoms with van der Waals surface area (Å²) in [5.74, 6) is -1.17. The zero-order chi connectivity index (χ0) is 18.2. The molecular weight excluding hydrogens is 318 g/mol. The minimum atomic E-state index is -1.11. The first kappa shape index (κ1) is 17.2. The summed E-state index contributed by atoms with van der Waals surface area (Å²) in [4.78, 5) is 25.8. The van der Waals surface area contributed by atoms with Gasteiger partial charge in [0.15, 0.2) is 0 Å². The Morgan fingerprint density at radius 2 is 1.92 bits per heavy atom. The quantitative estimate of drug-likeness (QED) is 0.927. The van der Waals surface area contributed by atoms with Crippen LogP contribution in [0.15, 0.2) is 30.3 Å². The Morgan fingerprint density at radius 1 is 1.24 bits per heavy atom. The van der Waals surface area contributed by atoms with Crippen LogP contribution in [0, 0.1) is 13.8 Å². The molecule has 0 bridgehead atoms. The third-order valence-corrected chi connectivity index (χ3v) is 4.98. The van der Waals surface area contributed by atoms with Crippen LogP contribution >= 0.6 is 0 Å². The average molecular weight is 341 g/mol. The number of hydrogen-bond acceptors (Lipinski definition) is 3. The first-order chi connectivity index (χ1) is 11.8. The number of carbonyl (C=O) groups excluding carboxylic acids is 1. The van der Waals surface area contributed by atoms with E-state index in [2.05, 4.69) is 5.10 Å². The van der Waals surface area contributed by atoms with Crippen molar-refractivity contribution in [3.63, 3.8) is 0 Å². The fourth-order valence-corrected chi connectivity index (χ4v) is 3.43. The van der Waals surface area contributed by atoms with Crippen molar-refractivity contribution >= 4 is 11.9 Å². The van der Waals surface area contributed by atoms with E-state index in [1.54, 1.807) is 19.1 Å². The number of nitrogens with zero attached hydrogens (tertiary/aromatic N) is 3. The number of benzene rings is 1. The molecule has 1 aliphatic rings. The molecule has 2 heterocycles. The van der Waals surface area contributed by atoms with Gasteiger partial charge in [0.1, 0.15) is 5.54 Å². The van der Waals surface area contributed by atoms with Crippen molar-refractivity contribution in [3.8, 4) is 0 Å². The van der Waals surface area contributed by atoms with E-state index in [4.69, 9.17) is 0 Å². The first-order valence-electron chi connectivity index (χ1n) is 8.46. The molecule has 1 aliphatic heterocycles. The molecule has 1 aromatic carbocycles. The Morgan fingerprint density at radius 3 is 2.48 bits per heavy atom. The molecule has 1 saturated heterocycles. The molecule has 0 spiro atoms. The molecule has 1 aromatic heterocycles. The Kier molecular flexibility index (Phi) is 4.37. The highest BCUT2D eigenvalue weighted by atomic mass is 16.4. The lowest BCUT2D eigenvalue weighted by Crippen LogP contribution is -2.50. The van der Waals surface area contributed by atoms with Crippen molar-refractivity contribution < 1.29 is 14.7 Å². The summed E-state index contributed by atoms with van der Waals surface area (Å²) in [5.41, 5.74) is 2.52. The van der Waals surface area contributed by atoms with Crippen molar-refractivity contribution in [3.05, 3.63) is 52.8 Å². The van der Waals surface area contributed by atoms with E-state index in [1.807, 2.05) is 36.7 Å². The second kappa shape index (κ2) is 6.35. The summed E-state index contributed by atoms with van der Waals surface area (Å²) in [5, 5.41) is 13.9. The van der Waals surface area contributed by atoms with E-state index in [0.717, 1.165) is 17.0 Å². The second-order valence-corrected chi connectivity index (χ2v) is 6.92. The van der Waals surface area contributed by atoms with Gasteiger partial charge in [-0.3, -0.25) is 9.48 Å². The fourth-order valence-electron chi connectivity index (χ4n) is 3.43. The predicted molar refractivity (Wildman–Crippen MR) is 93.6 cm³/mol. The molecule has 1 N–H and O–H groups in total. The molecule has 0 aliphatic carbocycles. The number of rotatable bonds is 4. The van der Waals surface area contributed by atoms with Crippen LogP contribution in [0.4, 0.5) is 0 Å². The highest BCUT2D eigenvalue weighted by Crippen LogP contribution is 2.30. The number of hydrogen-bond donors (Lipinski definition) is 1. The van der Waals surface area contributed by atoms with Gasteiger partial charge in [0.05, 0.1) is 12.2 Å². The zero-order valence-electron chi connectivity index (χ0n) is 14.8. The molecule has 6 nitrogen and oxygen atoms in total. The lowest BCUT2D eigenvalue weighted by Gasteiger charge is -2.31. The number of aromatic nitrogens is 2. The number of carboxylic acids is 1. The van der Waals surface area contributed by atoms with Crippen LogP contribution in [0.1, 0.15) is 47.1 Å². The minimum absolute atomic E-state index is 0.222. The van der Waals surface area contributed by atoms with Gasteiger partial charge in [0.25, 0.3) is 5.91 Å². The third kappa shape index (κ3) is 3.16. The smallest absolute Gasteiger partial charge is 0.329 e. The van der Waals surface area contributed by atoms with Gasteiger partial charge in [-0.25, -0.2) is 4.79 Å². The van der Waals surface area contributed by atoms with E-state index in [1.165, 1.54) is 4.90 Å². The number of aliphatic carboxylic acids is 1. The van der Waals surface area contributed by atoms with Gasteiger partial charge in [-0.2, -0.15) is 5.10 Å². The SMILES string of the molecule is Cc1cc(C)n(Cc2ccc(C(=O)N3CCCC3(C)C(=O)O)cc2)n1. The molecule has 1 unspecified atom stereocenters. The molecule has 0 saturated carbocycles. The van der Waals surface area contributed by atoms with Gasteiger partial charge in [-0.05, 0) is 57.4 Å². The van der Waals surface area contributed by atoms with Gasteiger partial charge in [-0.1, -0.05) is 12.1 Å². The summed E-state index contributed by atoms with van der Waals surface area (Å²) < 4.78 is 1.92. The van der Waals surface area contributed by atoms with E-state index in [9.17, 15) is 14.7 Å². The molecule has 6 heteroatoms. The average Bonchev–Trinajstić information content (AvgIpc) is 3.11. The van der Waals surface area contributed by atoms with Gasteiger partial charge in [-0.15, -0.1) is 0 Å². The van der Waals surface area contributed by atoms with Crippen LogP contribution in [-0.2, 0) is 11.3 Å². The molecule has 2 aromatic rings. The Bertz CT molecular complexity index is 810. The lowest BCUT2D eigenvalue weighted by molar-refractivity contribution is -0.147. The van der Waals surface area contributed by atoms with Gasteiger partial charge >= 0.3 is 5.97 Å². The predicted octanol–water partition coefficient (Wildman–Crippen LogP) is 2.63. The van der Waals surface area contributed by atoms with Crippen LogP contribution in [0.2, 0.25) is 0 Å². The molecule has 3 rings (SSSR count). The number of likely N-dealkylation sites (tertiary alicyclic amines) is 1. The van der Waals surface area contributed by atoms with Crippen molar-refractivity contribution in [1.29, 1.82) is 0 Å². The summed E-state index contributed by atoms with van der Waals surface area (Å²) in [6.07, 6.45) is 1.20. The Labute approximate surface area is 147 Å². The maximum atomic E-state index is 12.7. The van der Waals surface area contributed by atoms with E-state index >= 15 is 0 Å². The third-order valence-electron chi connectivity index (χ3n) is 4.98. The number of carboxylic acid groups (broad SMARTS) is 1. The fraction of sp³-hybridized carbons (Fsp3) is 0.421. The van der Waals surface area contributed by atoms with Gasteiger partial charge in [0.2, 0.25) is 0 Å². The first-order valence-corrected chi connectivity index (χ1v) is 8.46. The van der Waals surface area contributed by atoms with Crippen molar-refractivity contribution in [1.82, 2.24) is 14.7 Å². The summed E-state index contributed by atoms with van der Waals surface area (Å²) in [7, 11) is 0. The summed E-state index contributed by atoms with van der Waals surface area (Å²) >= 11 is 0. The topological polar surface area (TPSA) is 75.4 Å². The summed E-state index contributed by atoms with van der Waals surface area (Å²) in [6, 6.07) is 9.36. The van der Waals surface area contributed by atoms with E-state index in [0.29, 0.717) is 31.5 Å². The van der Waals surface area contributed by atoms with Crippen LogP contribution in [0.3, 0.4) is 0 Å². The molecule has 132 valence electrons. The van der Waals surface area contributed by atoms with Crippen LogP contribution in [-0.4, -0.2) is 43.7 Å². The molecule has 1 amide bonds. The molecule has 25 heavy (non-hydrogen) atoms. The monoisotopic (exact) mass is 341 g/mol. The minimum Gasteiger partial charge on any atom is -0.480 e. The van der Waals surface area contributed by atoms with Crippen LogP contribution < -0.4 is 0 Å². The standard InChI is InChI=1S/C19H23N3O3/c1-13-11-14(2)22(20-13)12-15-5-7-16(8-6-15)17(23)21-10-4-9-19(21,3)18(24)25/h5-8,11H,4,9-10,12H2,1-3H3,(H,24,25). The molecule has 0 radical (unpaired) electrons. The Hall–Kier alpha value is -2.63. The molecular formula is C19H23N3O3. The summed E-state index contributed by atoms with van der Waals surface area (Å²) in [6.45, 7) is 6.72. The van der Waals surface area contributed by atoms with Crippen LogP contribution in [0.5, 0.6) is 0 Å². The van der Waals surface area contributed by atoms with Crippen molar-refractivity contribution in [2.75, 3.05) is 6.54 Å². The largest absolute Gasteiger partial charge is 0.480 e. The van der Waals surface area contributed by atoms with E-state index in [-0.39, 0.29) is 5.91 Å². The highest BCUT2D eigenvalue weighted by molar-refractivity contribution is 5.98. The lowest BCUT2D eigenvalue weighted by atomic mass is 9.98. The highest BCUT2D eigenvalue weighted by Gasteiger charge is 2.46. The number of amides is 1. The maximum Gasteiger partial charge on any atom is 0.329 e. The maximum absolute atomic E-state index is 12.7. The van der Waals surface area contributed by atoms with Gasteiger partial charge < -0.3 is 10.0 Å². The van der Waals surface area contributed by atoms with Crippen molar-refractivity contribution in [2.45, 2.75) is 45.7 Å². The number of carbonyl (C=O) groups is 2. The van der Waals surface area contributed by atoms with Crippen LogP contribution in [0.25, 0.3) is 0 Å². The van der Waals surface area contributed by atoms with Crippen molar-refractivity contribution in [2.24, 2.45) is 0 Å². The molecule has 1 fully saturated rings. The molecule has 1 atom stereocenters. The Balaban J connectivity index is 1.77. The van der Waals surface area contributed by atoms with Gasteiger partial charge in [0, 0.05) is 17.8 Å². The zero-order valence-corrected chi connectivity index (χ0v) is 14.8. The van der Waals surface area contributed by atoms with E-state index < -0.39 is 11.5 Å². The second-order valence-electron chi connectivity index (χ2n) is 6.92.